The lowest BCUT2D eigenvalue weighted by atomic mass is 9.92. The van der Waals surface area contributed by atoms with Gasteiger partial charge in [0.25, 0.3) is 0 Å². The van der Waals surface area contributed by atoms with Crippen LogP contribution in [0.25, 0.3) is 0 Å². The van der Waals surface area contributed by atoms with E-state index in [2.05, 4.69) is 4.98 Å². The summed E-state index contributed by atoms with van der Waals surface area (Å²) in [4.78, 5) is 3.59. The highest BCUT2D eigenvalue weighted by molar-refractivity contribution is 5.31. The number of halogens is 1. The maximum atomic E-state index is 13.3. The van der Waals surface area contributed by atoms with E-state index in [1.54, 1.807) is 19.1 Å². The van der Waals surface area contributed by atoms with Crippen LogP contribution >= 0.6 is 0 Å². The van der Waals surface area contributed by atoms with E-state index in [0.717, 1.165) is 12.8 Å². The van der Waals surface area contributed by atoms with E-state index >= 15 is 0 Å². The summed E-state index contributed by atoms with van der Waals surface area (Å²) >= 11 is 0. The van der Waals surface area contributed by atoms with Gasteiger partial charge in [0.15, 0.2) is 0 Å². The van der Waals surface area contributed by atoms with E-state index in [1.807, 2.05) is 0 Å². The van der Waals surface area contributed by atoms with Gasteiger partial charge in [-0.2, -0.15) is 4.39 Å². The first-order valence-corrected chi connectivity index (χ1v) is 4.46. The van der Waals surface area contributed by atoms with E-state index in [4.69, 9.17) is 0 Å². The van der Waals surface area contributed by atoms with Gasteiger partial charge in [0.05, 0.1) is 6.10 Å². The van der Waals surface area contributed by atoms with Gasteiger partial charge in [-0.15, -0.1) is 0 Å². The predicted octanol–water partition coefficient (Wildman–Crippen LogP) is 1.63. The van der Waals surface area contributed by atoms with Crippen molar-refractivity contribution in [1.82, 2.24) is 4.98 Å². The van der Waals surface area contributed by atoms with Crippen molar-refractivity contribution in [3.63, 3.8) is 0 Å². The highest BCUT2D eigenvalue weighted by Crippen LogP contribution is 2.51. The third-order valence-electron chi connectivity index (χ3n) is 2.88. The zero-order valence-corrected chi connectivity index (χ0v) is 7.50. The highest BCUT2D eigenvalue weighted by Gasteiger charge is 2.50. The summed E-state index contributed by atoms with van der Waals surface area (Å²) in [6, 6.07) is 3.42. The third kappa shape index (κ3) is 1.23. The first kappa shape index (κ1) is 8.63. The Morgan fingerprint density at radius 2 is 2.31 bits per heavy atom. The molecule has 1 fully saturated rings. The second kappa shape index (κ2) is 2.77. The van der Waals surface area contributed by atoms with Gasteiger partial charge in [0.2, 0.25) is 5.95 Å². The molecule has 0 saturated heterocycles. The molecule has 1 aromatic heterocycles. The van der Waals surface area contributed by atoms with Crippen molar-refractivity contribution in [1.29, 1.82) is 0 Å². The lowest BCUT2D eigenvalue weighted by Crippen LogP contribution is -2.24. The minimum Gasteiger partial charge on any atom is -0.392 e. The molecule has 1 heterocycles. The largest absolute Gasteiger partial charge is 0.392 e. The SMILES string of the molecule is CC(O)C1(c2cccnc2F)CC1. The first-order chi connectivity index (χ1) is 6.17. The quantitative estimate of drug-likeness (QED) is 0.703. The molecule has 0 aromatic carbocycles. The van der Waals surface area contributed by atoms with Crippen molar-refractivity contribution >= 4 is 0 Å². The second-order valence-corrected chi connectivity index (χ2v) is 3.67. The summed E-state index contributed by atoms with van der Waals surface area (Å²) in [5.74, 6) is -0.444. The molecule has 3 heteroatoms. The van der Waals surface area contributed by atoms with Gasteiger partial charge in [0, 0.05) is 17.2 Å². The van der Waals surface area contributed by atoms with E-state index < -0.39 is 12.1 Å². The van der Waals surface area contributed by atoms with Gasteiger partial charge in [-0.05, 0) is 25.8 Å². The molecule has 70 valence electrons. The average Bonchev–Trinajstić information content (AvgIpc) is 2.85. The Hall–Kier alpha value is -0.960. The fourth-order valence-electron chi connectivity index (χ4n) is 1.80. The Bertz CT molecular complexity index is 320. The Morgan fingerprint density at radius 1 is 1.62 bits per heavy atom. The fourth-order valence-corrected chi connectivity index (χ4v) is 1.80. The van der Waals surface area contributed by atoms with Crippen molar-refractivity contribution in [3.8, 4) is 0 Å². The van der Waals surface area contributed by atoms with Crippen LogP contribution in [-0.2, 0) is 5.41 Å². The molecule has 0 radical (unpaired) electrons. The molecule has 1 N–H and O–H groups in total. The van der Waals surface area contributed by atoms with E-state index in [-0.39, 0.29) is 5.41 Å². The van der Waals surface area contributed by atoms with Crippen LogP contribution in [0.1, 0.15) is 25.3 Å². The summed E-state index contributed by atoms with van der Waals surface area (Å²) in [6.45, 7) is 1.71. The van der Waals surface area contributed by atoms with Gasteiger partial charge in [-0.1, -0.05) is 6.07 Å². The zero-order valence-electron chi connectivity index (χ0n) is 7.50. The lowest BCUT2D eigenvalue weighted by Gasteiger charge is -2.18. The Labute approximate surface area is 76.4 Å². The molecule has 1 aromatic rings. The topological polar surface area (TPSA) is 33.1 Å². The van der Waals surface area contributed by atoms with Crippen molar-refractivity contribution < 1.29 is 9.50 Å². The van der Waals surface area contributed by atoms with Crippen molar-refractivity contribution in [2.24, 2.45) is 0 Å². The molecule has 0 bridgehead atoms. The maximum Gasteiger partial charge on any atom is 0.216 e. The molecule has 2 rings (SSSR count). The molecule has 0 spiro atoms. The molecule has 1 unspecified atom stereocenters. The maximum absolute atomic E-state index is 13.3. The number of aromatic nitrogens is 1. The van der Waals surface area contributed by atoms with Crippen LogP contribution < -0.4 is 0 Å². The molecule has 1 saturated carbocycles. The summed E-state index contributed by atoms with van der Waals surface area (Å²) < 4.78 is 13.3. The van der Waals surface area contributed by atoms with E-state index in [1.165, 1.54) is 6.20 Å². The minimum absolute atomic E-state index is 0.349. The molecule has 2 nitrogen and oxygen atoms in total. The molecular formula is C10H12FNO. The van der Waals surface area contributed by atoms with Crippen LogP contribution in [0.3, 0.4) is 0 Å². The lowest BCUT2D eigenvalue weighted by molar-refractivity contribution is 0.148. The van der Waals surface area contributed by atoms with Crippen LogP contribution in [0.15, 0.2) is 18.3 Å². The van der Waals surface area contributed by atoms with Crippen LogP contribution in [-0.4, -0.2) is 16.2 Å². The van der Waals surface area contributed by atoms with Crippen LogP contribution in [0.2, 0.25) is 0 Å². The second-order valence-electron chi connectivity index (χ2n) is 3.67. The van der Waals surface area contributed by atoms with Crippen LogP contribution in [0.5, 0.6) is 0 Å². The average molecular weight is 181 g/mol. The number of hydrogen-bond acceptors (Lipinski definition) is 2. The smallest absolute Gasteiger partial charge is 0.216 e. The predicted molar refractivity (Wildman–Crippen MR) is 46.8 cm³/mol. The number of nitrogens with zero attached hydrogens (tertiary/aromatic N) is 1. The van der Waals surface area contributed by atoms with E-state index in [0.29, 0.717) is 5.56 Å². The highest BCUT2D eigenvalue weighted by atomic mass is 19.1. The molecule has 13 heavy (non-hydrogen) atoms. The summed E-state index contributed by atoms with van der Waals surface area (Å²) in [5.41, 5.74) is 0.211. The number of rotatable bonds is 2. The number of aliphatic hydroxyl groups excluding tert-OH is 1. The summed E-state index contributed by atoms with van der Waals surface area (Å²) in [6.07, 6.45) is 2.64. The minimum atomic E-state index is -0.494. The Kier molecular flexibility index (Phi) is 1.84. The monoisotopic (exact) mass is 181 g/mol. The Balaban J connectivity index is 2.41. The van der Waals surface area contributed by atoms with E-state index in [9.17, 15) is 9.50 Å². The molecular weight excluding hydrogens is 169 g/mol. The summed E-state index contributed by atoms with van der Waals surface area (Å²) in [5, 5.41) is 9.53. The van der Waals surface area contributed by atoms with Crippen molar-refractivity contribution in [2.75, 3.05) is 0 Å². The molecule has 1 aliphatic carbocycles. The fraction of sp³-hybridized carbons (Fsp3) is 0.500. The van der Waals surface area contributed by atoms with Gasteiger partial charge < -0.3 is 5.11 Å². The molecule has 1 atom stereocenters. The van der Waals surface area contributed by atoms with Crippen molar-refractivity contribution in [3.05, 3.63) is 29.8 Å². The zero-order chi connectivity index (χ0) is 9.47. The molecule has 1 aliphatic rings. The van der Waals surface area contributed by atoms with Gasteiger partial charge in [-0.25, -0.2) is 4.98 Å². The van der Waals surface area contributed by atoms with Crippen LogP contribution in [0, 0.1) is 5.95 Å². The normalized spacial score (nSPS) is 21.2. The third-order valence-corrected chi connectivity index (χ3v) is 2.88. The van der Waals surface area contributed by atoms with Gasteiger partial charge in [-0.3, -0.25) is 0 Å². The first-order valence-electron chi connectivity index (χ1n) is 4.46. The molecule has 0 aliphatic heterocycles. The van der Waals surface area contributed by atoms with Crippen molar-refractivity contribution in [2.45, 2.75) is 31.3 Å². The number of pyridine rings is 1. The Morgan fingerprint density at radius 3 is 2.77 bits per heavy atom. The van der Waals surface area contributed by atoms with Crippen LogP contribution in [0.4, 0.5) is 4.39 Å². The van der Waals surface area contributed by atoms with Gasteiger partial charge in [0.1, 0.15) is 0 Å². The standard InChI is InChI=1S/C10H12FNO/c1-7(13)10(4-5-10)8-3-2-6-12-9(8)11/h2-3,6-7,13H,4-5H2,1H3. The van der Waals surface area contributed by atoms with Gasteiger partial charge >= 0.3 is 0 Å². The number of aliphatic hydroxyl groups is 1. The summed E-state index contributed by atoms with van der Waals surface area (Å²) in [7, 11) is 0. The molecule has 0 amide bonds. The number of hydrogen-bond donors (Lipinski definition) is 1.